The van der Waals surface area contributed by atoms with Crippen LogP contribution in [-0.2, 0) is 0 Å². The summed E-state index contributed by atoms with van der Waals surface area (Å²) in [6.07, 6.45) is 28.2. The highest BCUT2D eigenvalue weighted by Gasteiger charge is 2.06. The molecular weight excluding hydrogens is 501 g/mol. The van der Waals surface area contributed by atoms with E-state index >= 15 is 0 Å². The Morgan fingerprint density at radius 3 is 1.36 bits per heavy atom. The van der Waals surface area contributed by atoms with Crippen molar-refractivity contribution in [3.8, 4) is 0 Å². The Morgan fingerprint density at radius 1 is 0.515 bits per heavy atom. The highest BCUT2D eigenvalue weighted by molar-refractivity contribution is 8.77. The zero-order valence-electron chi connectivity index (χ0n) is 21.5. The van der Waals surface area contributed by atoms with Gasteiger partial charge in [0.25, 0.3) is 0 Å². The smallest absolute Gasteiger partial charge is 0.201 e. The summed E-state index contributed by atoms with van der Waals surface area (Å²) in [7, 11) is 7.46. The highest BCUT2D eigenvalue weighted by atomic mass is 33.1. The van der Waals surface area contributed by atoms with Crippen molar-refractivity contribution in [1.82, 2.24) is 9.36 Å². The van der Waals surface area contributed by atoms with Gasteiger partial charge in [-0.3, -0.25) is 0 Å². The Balaban J connectivity index is 1.84. The lowest BCUT2D eigenvalue weighted by Gasteiger charge is -2.02. The van der Waals surface area contributed by atoms with Crippen LogP contribution in [0.1, 0.15) is 142 Å². The summed E-state index contributed by atoms with van der Waals surface area (Å²) in [6, 6.07) is 0. The second kappa shape index (κ2) is 26.0. The van der Waals surface area contributed by atoms with Gasteiger partial charge in [0.15, 0.2) is 4.34 Å². The molecule has 0 radical (unpaired) electrons. The lowest BCUT2D eigenvalue weighted by Crippen LogP contribution is -1.83. The minimum absolute atomic E-state index is 0.958. The fraction of sp³-hybridized carbons (Fsp3) is 0.923. The van der Waals surface area contributed by atoms with Crippen LogP contribution in [-0.4, -0.2) is 20.9 Å². The van der Waals surface area contributed by atoms with Crippen LogP contribution in [0.15, 0.2) is 9.50 Å². The first-order valence-electron chi connectivity index (χ1n) is 13.8. The number of rotatable bonds is 26. The van der Waals surface area contributed by atoms with Crippen LogP contribution in [0.4, 0.5) is 0 Å². The van der Waals surface area contributed by atoms with Gasteiger partial charge in [0.2, 0.25) is 5.16 Å². The van der Waals surface area contributed by atoms with E-state index in [0.29, 0.717) is 0 Å². The summed E-state index contributed by atoms with van der Waals surface area (Å²) in [4.78, 5) is 4.68. The normalized spacial score (nSPS) is 11.5. The molecule has 0 saturated carbocycles. The van der Waals surface area contributed by atoms with Gasteiger partial charge < -0.3 is 0 Å². The molecule has 2 nitrogen and oxygen atoms in total. The molecule has 1 aromatic rings. The van der Waals surface area contributed by atoms with Crippen molar-refractivity contribution in [3.05, 3.63) is 0 Å². The standard InChI is InChI=1S/C26H50N2S5/c1-3-5-7-9-11-13-15-17-19-21-23-29-32-25-27-26(31-28-25)33-30-24-22-20-18-16-14-12-10-8-6-4-2/h3-24H2,1-2H3. The van der Waals surface area contributed by atoms with Crippen LogP contribution in [0.25, 0.3) is 0 Å². The average molecular weight is 551 g/mol. The Morgan fingerprint density at radius 2 is 0.909 bits per heavy atom. The average Bonchev–Trinajstić information content (AvgIpc) is 3.28. The Labute approximate surface area is 226 Å². The molecule has 0 aliphatic rings. The number of hydrogen-bond acceptors (Lipinski definition) is 7. The zero-order chi connectivity index (χ0) is 23.7. The van der Waals surface area contributed by atoms with Crippen LogP contribution < -0.4 is 0 Å². The molecular formula is C26H50N2S5. The van der Waals surface area contributed by atoms with Crippen molar-refractivity contribution >= 4 is 54.7 Å². The summed E-state index contributed by atoms with van der Waals surface area (Å²) in [5, 5.41) is 0.958. The molecule has 0 bridgehead atoms. The van der Waals surface area contributed by atoms with E-state index in [-0.39, 0.29) is 0 Å². The lowest BCUT2D eigenvalue weighted by atomic mass is 10.1. The van der Waals surface area contributed by atoms with Gasteiger partial charge in [-0.15, -0.1) is 0 Å². The Bertz CT molecular complexity index is 470. The first-order valence-corrected chi connectivity index (χ1v) is 19.2. The maximum absolute atomic E-state index is 4.68. The lowest BCUT2D eigenvalue weighted by molar-refractivity contribution is 0.563. The van der Waals surface area contributed by atoms with Gasteiger partial charge in [-0.1, -0.05) is 151 Å². The molecule has 1 heterocycles. The first kappa shape index (κ1) is 32.0. The number of aromatic nitrogens is 2. The fourth-order valence-electron chi connectivity index (χ4n) is 3.75. The van der Waals surface area contributed by atoms with Gasteiger partial charge in [-0.2, -0.15) is 4.37 Å². The van der Waals surface area contributed by atoms with Crippen LogP contribution in [0.3, 0.4) is 0 Å². The minimum Gasteiger partial charge on any atom is -0.201 e. The van der Waals surface area contributed by atoms with E-state index in [4.69, 9.17) is 0 Å². The molecule has 0 unspecified atom stereocenters. The van der Waals surface area contributed by atoms with Crippen LogP contribution in [0, 0.1) is 0 Å². The van der Waals surface area contributed by atoms with E-state index in [1.807, 2.05) is 32.4 Å². The first-order chi connectivity index (χ1) is 16.4. The molecule has 0 aliphatic heterocycles. The number of hydrogen-bond donors (Lipinski definition) is 0. The van der Waals surface area contributed by atoms with E-state index < -0.39 is 0 Å². The maximum Gasteiger partial charge on any atom is 0.211 e. The summed E-state index contributed by atoms with van der Waals surface area (Å²) in [5.41, 5.74) is 0. The van der Waals surface area contributed by atoms with E-state index in [0.717, 1.165) is 9.50 Å². The third-order valence-corrected chi connectivity index (χ3v) is 11.6. The summed E-state index contributed by atoms with van der Waals surface area (Å²) in [6.45, 7) is 4.58. The van der Waals surface area contributed by atoms with Gasteiger partial charge in [0, 0.05) is 11.5 Å². The van der Waals surface area contributed by atoms with E-state index in [9.17, 15) is 0 Å². The second-order valence-corrected chi connectivity index (χ2v) is 14.8. The maximum atomic E-state index is 4.68. The Kier molecular flexibility index (Phi) is 25.2. The minimum atomic E-state index is 0.958. The third kappa shape index (κ3) is 21.9. The fourth-order valence-corrected chi connectivity index (χ4v) is 8.95. The quantitative estimate of drug-likeness (QED) is 0.0840. The van der Waals surface area contributed by atoms with E-state index in [1.165, 1.54) is 140 Å². The molecule has 1 aromatic heterocycles. The van der Waals surface area contributed by atoms with Crippen LogP contribution >= 0.6 is 54.7 Å². The van der Waals surface area contributed by atoms with Crippen LogP contribution in [0.2, 0.25) is 0 Å². The second-order valence-electron chi connectivity index (χ2n) is 9.02. The molecule has 0 N–H and O–H groups in total. The molecule has 0 aromatic carbocycles. The molecule has 0 saturated heterocycles. The van der Waals surface area contributed by atoms with Crippen LogP contribution in [0.5, 0.6) is 0 Å². The largest absolute Gasteiger partial charge is 0.211 e. The van der Waals surface area contributed by atoms with E-state index in [1.54, 1.807) is 22.3 Å². The van der Waals surface area contributed by atoms with E-state index in [2.05, 4.69) is 23.2 Å². The predicted molar refractivity (Wildman–Crippen MR) is 160 cm³/mol. The summed E-state index contributed by atoms with van der Waals surface area (Å²) >= 11 is 1.56. The molecule has 0 amide bonds. The van der Waals surface area contributed by atoms with Crippen molar-refractivity contribution < 1.29 is 0 Å². The topological polar surface area (TPSA) is 25.8 Å². The molecule has 0 spiro atoms. The van der Waals surface area contributed by atoms with Crippen molar-refractivity contribution in [2.45, 2.75) is 152 Å². The number of nitrogens with zero attached hydrogens (tertiary/aromatic N) is 2. The van der Waals surface area contributed by atoms with Crippen molar-refractivity contribution in [1.29, 1.82) is 0 Å². The molecule has 0 aliphatic carbocycles. The van der Waals surface area contributed by atoms with Crippen molar-refractivity contribution in [3.63, 3.8) is 0 Å². The molecule has 194 valence electrons. The van der Waals surface area contributed by atoms with Gasteiger partial charge >= 0.3 is 0 Å². The summed E-state index contributed by atoms with van der Waals surface area (Å²) < 4.78 is 5.64. The molecule has 1 rings (SSSR count). The van der Waals surface area contributed by atoms with Gasteiger partial charge in [-0.05, 0) is 46.0 Å². The Hall–Kier alpha value is 0.960. The zero-order valence-corrected chi connectivity index (χ0v) is 25.6. The molecule has 0 fully saturated rings. The predicted octanol–water partition coefficient (Wildman–Crippen LogP) is 11.9. The molecule has 7 heteroatoms. The van der Waals surface area contributed by atoms with Crippen molar-refractivity contribution in [2.75, 3.05) is 11.5 Å². The number of unbranched alkanes of at least 4 members (excludes halogenated alkanes) is 18. The van der Waals surface area contributed by atoms with Gasteiger partial charge in [0.05, 0.1) is 0 Å². The SMILES string of the molecule is CCCCCCCCCCCCSSc1nsc(SSCCCCCCCCCCCC)n1. The summed E-state index contributed by atoms with van der Waals surface area (Å²) in [5.74, 6) is 2.45. The monoisotopic (exact) mass is 550 g/mol. The molecule has 33 heavy (non-hydrogen) atoms. The van der Waals surface area contributed by atoms with Gasteiger partial charge in [0.1, 0.15) is 0 Å². The molecule has 0 atom stereocenters. The third-order valence-electron chi connectivity index (χ3n) is 5.81. The van der Waals surface area contributed by atoms with Crippen molar-refractivity contribution in [2.24, 2.45) is 0 Å². The van der Waals surface area contributed by atoms with Gasteiger partial charge in [-0.25, -0.2) is 4.98 Å². The highest BCUT2D eigenvalue weighted by Crippen LogP contribution is 2.37.